The zero-order chi connectivity index (χ0) is 15.7. The van der Waals surface area contributed by atoms with Crippen LogP contribution in [0, 0.1) is 5.82 Å². The molecule has 2 saturated heterocycles. The molecule has 1 aromatic rings. The van der Waals surface area contributed by atoms with Crippen LogP contribution in [0.15, 0.2) is 18.2 Å². The average molecular weight is 325 g/mol. The summed E-state index contributed by atoms with van der Waals surface area (Å²) in [4.78, 5) is 14.2. The van der Waals surface area contributed by atoms with Gasteiger partial charge in [-0.25, -0.2) is 4.39 Å². The molecule has 0 radical (unpaired) electrons. The van der Waals surface area contributed by atoms with E-state index in [4.69, 9.17) is 9.47 Å². The molecular formula is C16H20FNO3S. The van der Waals surface area contributed by atoms with Crippen LogP contribution in [0.1, 0.15) is 23.7 Å². The van der Waals surface area contributed by atoms with Gasteiger partial charge in [-0.05, 0) is 31.5 Å². The Bertz CT molecular complexity index is 575. The van der Waals surface area contributed by atoms with Gasteiger partial charge in [-0.1, -0.05) is 0 Å². The summed E-state index contributed by atoms with van der Waals surface area (Å²) in [5.41, 5.74) is 0.373. The van der Waals surface area contributed by atoms with Crippen molar-refractivity contribution in [3.8, 4) is 5.75 Å². The molecule has 1 amide bonds. The van der Waals surface area contributed by atoms with Crippen LogP contribution >= 0.6 is 11.8 Å². The molecule has 2 heterocycles. The van der Waals surface area contributed by atoms with E-state index in [0.717, 1.165) is 18.8 Å². The summed E-state index contributed by atoms with van der Waals surface area (Å²) in [5.74, 6) is 0.526. The van der Waals surface area contributed by atoms with E-state index in [9.17, 15) is 9.18 Å². The van der Waals surface area contributed by atoms with Gasteiger partial charge in [-0.3, -0.25) is 4.79 Å². The van der Waals surface area contributed by atoms with Gasteiger partial charge in [0.05, 0.1) is 18.0 Å². The largest absolute Gasteiger partial charge is 0.494 e. The van der Waals surface area contributed by atoms with E-state index in [1.807, 2.05) is 18.7 Å². The first-order valence-electron chi connectivity index (χ1n) is 7.45. The standard InChI is InChI=1S/C16H20FNO3S/c1-3-21-12-7-16(22-8-12)9-18(10-16)15(19)11-4-5-14(20-2)13(17)6-11/h4-6,12H,3,7-10H2,1-2H3/t12-/m1/s1. The topological polar surface area (TPSA) is 38.8 Å². The quantitative estimate of drug-likeness (QED) is 0.853. The fourth-order valence-corrected chi connectivity index (χ4v) is 4.69. The number of methoxy groups -OCH3 is 1. The lowest BCUT2D eigenvalue weighted by Gasteiger charge is -2.47. The minimum Gasteiger partial charge on any atom is -0.494 e. The summed E-state index contributed by atoms with van der Waals surface area (Å²) < 4.78 is 24.4. The van der Waals surface area contributed by atoms with Crippen molar-refractivity contribution in [1.82, 2.24) is 4.90 Å². The number of thioether (sulfide) groups is 1. The monoisotopic (exact) mass is 325 g/mol. The van der Waals surface area contributed by atoms with Crippen molar-refractivity contribution in [2.75, 3.05) is 32.6 Å². The maximum Gasteiger partial charge on any atom is 0.254 e. The van der Waals surface area contributed by atoms with Crippen molar-refractivity contribution in [2.24, 2.45) is 0 Å². The molecule has 1 aromatic carbocycles. The first-order valence-corrected chi connectivity index (χ1v) is 8.44. The van der Waals surface area contributed by atoms with Gasteiger partial charge in [0.15, 0.2) is 11.6 Å². The molecule has 0 bridgehead atoms. The van der Waals surface area contributed by atoms with Crippen molar-refractivity contribution >= 4 is 17.7 Å². The second-order valence-corrected chi connectivity index (χ2v) is 7.27. The predicted molar refractivity (Wildman–Crippen MR) is 84.1 cm³/mol. The Labute approximate surface area is 134 Å². The summed E-state index contributed by atoms with van der Waals surface area (Å²) in [6.07, 6.45) is 1.29. The highest BCUT2D eigenvalue weighted by Crippen LogP contribution is 2.46. The predicted octanol–water partition coefficient (Wildman–Crippen LogP) is 2.57. The third-order valence-electron chi connectivity index (χ3n) is 4.22. The minimum absolute atomic E-state index is 0.118. The SMILES string of the molecule is CCO[C@H]1CSC2(C1)CN(C(=O)c1ccc(OC)c(F)c1)C2. The Hall–Kier alpha value is -1.27. The van der Waals surface area contributed by atoms with Crippen molar-refractivity contribution in [3.63, 3.8) is 0 Å². The highest BCUT2D eigenvalue weighted by atomic mass is 32.2. The molecule has 0 aromatic heterocycles. The molecule has 1 spiro atoms. The highest BCUT2D eigenvalue weighted by molar-refractivity contribution is 8.01. The van der Waals surface area contributed by atoms with E-state index < -0.39 is 5.82 Å². The molecule has 22 heavy (non-hydrogen) atoms. The number of carbonyl (C=O) groups excluding carboxylic acids is 1. The summed E-state index contributed by atoms with van der Waals surface area (Å²) in [5, 5.41) is 0. The highest BCUT2D eigenvalue weighted by Gasteiger charge is 2.50. The number of ether oxygens (including phenoxy) is 2. The number of carbonyl (C=O) groups is 1. The van der Waals surface area contributed by atoms with E-state index in [0.29, 0.717) is 24.8 Å². The van der Waals surface area contributed by atoms with Crippen LogP contribution in [0.5, 0.6) is 5.75 Å². The summed E-state index contributed by atoms with van der Waals surface area (Å²) in [6.45, 7) is 4.17. The number of likely N-dealkylation sites (tertiary alicyclic amines) is 1. The molecule has 0 aliphatic carbocycles. The molecule has 0 N–H and O–H groups in total. The van der Waals surface area contributed by atoms with Gasteiger partial charge in [0.1, 0.15) is 0 Å². The van der Waals surface area contributed by atoms with Crippen LogP contribution in [0.2, 0.25) is 0 Å². The lowest BCUT2D eigenvalue weighted by Crippen LogP contribution is -2.60. The average Bonchev–Trinajstić information content (AvgIpc) is 2.89. The Morgan fingerprint density at radius 2 is 2.27 bits per heavy atom. The number of nitrogens with zero attached hydrogens (tertiary/aromatic N) is 1. The van der Waals surface area contributed by atoms with Gasteiger partial charge < -0.3 is 14.4 Å². The lowest BCUT2D eigenvalue weighted by atomic mass is 9.92. The molecule has 2 aliphatic rings. The molecular weight excluding hydrogens is 305 g/mol. The van der Waals surface area contributed by atoms with Crippen LogP contribution in [0.4, 0.5) is 4.39 Å². The van der Waals surface area contributed by atoms with Gasteiger partial charge in [-0.15, -0.1) is 11.8 Å². The van der Waals surface area contributed by atoms with Crippen LogP contribution in [0.25, 0.3) is 0 Å². The molecule has 0 unspecified atom stereocenters. The summed E-state index contributed by atoms with van der Waals surface area (Å²) in [6, 6.07) is 4.35. The molecule has 4 nitrogen and oxygen atoms in total. The van der Waals surface area contributed by atoms with Crippen molar-refractivity contribution in [1.29, 1.82) is 0 Å². The maximum absolute atomic E-state index is 13.7. The molecule has 3 rings (SSSR count). The molecule has 0 saturated carbocycles. The normalized spacial score (nSPS) is 22.7. The number of hydrogen-bond donors (Lipinski definition) is 0. The van der Waals surface area contributed by atoms with Crippen molar-refractivity contribution in [3.05, 3.63) is 29.6 Å². The van der Waals surface area contributed by atoms with Gasteiger partial charge in [0.25, 0.3) is 5.91 Å². The second kappa shape index (κ2) is 6.08. The lowest BCUT2D eigenvalue weighted by molar-refractivity contribution is 0.0359. The van der Waals surface area contributed by atoms with E-state index in [1.54, 1.807) is 11.0 Å². The van der Waals surface area contributed by atoms with Gasteiger partial charge in [0.2, 0.25) is 0 Å². The fraction of sp³-hybridized carbons (Fsp3) is 0.562. The Kier molecular flexibility index (Phi) is 4.32. The van der Waals surface area contributed by atoms with E-state index in [1.165, 1.54) is 19.2 Å². The smallest absolute Gasteiger partial charge is 0.254 e. The van der Waals surface area contributed by atoms with Crippen LogP contribution in [-0.2, 0) is 4.74 Å². The number of amides is 1. The third-order valence-corrected chi connectivity index (χ3v) is 5.80. The Balaban J connectivity index is 1.61. The van der Waals surface area contributed by atoms with Gasteiger partial charge in [0, 0.05) is 31.0 Å². The third kappa shape index (κ3) is 2.82. The molecule has 6 heteroatoms. The zero-order valence-corrected chi connectivity index (χ0v) is 13.6. The van der Waals surface area contributed by atoms with E-state index in [-0.39, 0.29) is 16.4 Å². The number of benzene rings is 1. The van der Waals surface area contributed by atoms with Crippen molar-refractivity contribution < 1.29 is 18.7 Å². The Morgan fingerprint density at radius 1 is 1.50 bits per heavy atom. The zero-order valence-electron chi connectivity index (χ0n) is 12.8. The van der Waals surface area contributed by atoms with Gasteiger partial charge in [-0.2, -0.15) is 0 Å². The first-order chi connectivity index (χ1) is 10.6. The molecule has 2 aliphatic heterocycles. The summed E-state index contributed by atoms with van der Waals surface area (Å²) in [7, 11) is 1.41. The number of hydrogen-bond acceptors (Lipinski definition) is 4. The maximum atomic E-state index is 13.7. The Morgan fingerprint density at radius 3 is 2.91 bits per heavy atom. The fourth-order valence-electron chi connectivity index (χ4n) is 3.14. The molecule has 1 atom stereocenters. The van der Waals surface area contributed by atoms with Gasteiger partial charge >= 0.3 is 0 Å². The molecule has 120 valence electrons. The van der Waals surface area contributed by atoms with Crippen LogP contribution in [0.3, 0.4) is 0 Å². The van der Waals surface area contributed by atoms with Crippen LogP contribution in [-0.4, -0.2) is 54.2 Å². The summed E-state index contributed by atoms with van der Waals surface area (Å²) >= 11 is 1.89. The number of halogens is 1. The number of rotatable bonds is 4. The van der Waals surface area contributed by atoms with Crippen molar-refractivity contribution in [2.45, 2.75) is 24.2 Å². The second-order valence-electron chi connectivity index (χ2n) is 5.79. The van der Waals surface area contributed by atoms with E-state index in [2.05, 4.69) is 0 Å². The minimum atomic E-state index is -0.504. The first kappa shape index (κ1) is 15.6. The van der Waals surface area contributed by atoms with E-state index >= 15 is 0 Å². The molecule has 2 fully saturated rings. The van der Waals surface area contributed by atoms with Crippen LogP contribution < -0.4 is 4.74 Å².